The lowest BCUT2D eigenvalue weighted by Crippen LogP contribution is -2.28. The summed E-state index contributed by atoms with van der Waals surface area (Å²) in [5, 5.41) is 0. The topological polar surface area (TPSA) is 52.3 Å². The van der Waals surface area contributed by atoms with Crippen LogP contribution in [-0.2, 0) is 9.53 Å². The molecule has 0 aromatic rings. The normalized spacial score (nSPS) is 19.7. The quantitative estimate of drug-likeness (QED) is 0.679. The van der Waals surface area contributed by atoms with Crippen LogP contribution in [0.15, 0.2) is 0 Å². The second-order valence-electron chi connectivity index (χ2n) is 5.92. The van der Waals surface area contributed by atoms with Crippen molar-refractivity contribution in [2.75, 3.05) is 7.11 Å². The molecule has 5 atom stereocenters. The molecule has 108 valence electrons. The van der Waals surface area contributed by atoms with E-state index in [9.17, 15) is 4.79 Å². The maximum Gasteiger partial charge on any atom is 0.308 e. The van der Waals surface area contributed by atoms with Crippen LogP contribution in [0.3, 0.4) is 0 Å². The Labute approximate surface area is 112 Å². The number of ether oxygens (including phenoxy) is 1. The van der Waals surface area contributed by atoms with Gasteiger partial charge in [0.2, 0.25) is 0 Å². The highest BCUT2D eigenvalue weighted by atomic mass is 16.5. The van der Waals surface area contributed by atoms with E-state index in [4.69, 9.17) is 10.5 Å². The number of hydrogen-bond donors (Lipinski definition) is 1. The van der Waals surface area contributed by atoms with Crippen LogP contribution in [0.4, 0.5) is 0 Å². The summed E-state index contributed by atoms with van der Waals surface area (Å²) in [7, 11) is 1.47. The molecular weight excluding hydrogens is 226 g/mol. The van der Waals surface area contributed by atoms with Gasteiger partial charge in [-0.3, -0.25) is 4.79 Å². The zero-order valence-corrected chi connectivity index (χ0v) is 12.9. The first-order valence-corrected chi connectivity index (χ1v) is 7.16. The van der Waals surface area contributed by atoms with Crippen molar-refractivity contribution in [3.8, 4) is 0 Å². The summed E-state index contributed by atoms with van der Waals surface area (Å²) in [5.74, 6) is 1.43. The number of hydrogen-bond acceptors (Lipinski definition) is 3. The standard InChI is InChI=1S/C15H31NO2/c1-7-14(13(5)15(17)18-6)11(3)8-10(2)9-12(4)16/h10-14H,7-9,16H2,1-6H3/t10?,11?,12-,13?,14?/m1/s1. The lowest BCUT2D eigenvalue weighted by Gasteiger charge is -2.29. The molecule has 0 radical (unpaired) electrons. The van der Waals surface area contributed by atoms with E-state index in [0.29, 0.717) is 17.8 Å². The van der Waals surface area contributed by atoms with E-state index in [-0.39, 0.29) is 17.9 Å². The number of methoxy groups -OCH3 is 1. The van der Waals surface area contributed by atoms with Crippen LogP contribution < -0.4 is 5.73 Å². The molecule has 0 aromatic carbocycles. The molecule has 0 bridgehead atoms. The molecule has 0 saturated carbocycles. The minimum Gasteiger partial charge on any atom is -0.469 e. The minimum absolute atomic E-state index is 0.0162. The predicted molar refractivity (Wildman–Crippen MR) is 76.2 cm³/mol. The van der Waals surface area contributed by atoms with Gasteiger partial charge in [-0.1, -0.05) is 34.1 Å². The average molecular weight is 257 g/mol. The van der Waals surface area contributed by atoms with Gasteiger partial charge in [-0.05, 0) is 37.5 Å². The average Bonchev–Trinajstić information content (AvgIpc) is 2.27. The van der Waals surface area contributed by atoms with Crippen molar-refractivity contribution < 1.29 is 9.53 Å². The smallest absolute Gasteiger partial charge is 0.308 e. The Bertz CT molecular complexity index is 241. The Morgan fingerprint density at radius 3 is 2.11 bits per heavy atom. The highest BCUT2D eigenvalue weighted by Gasteiger charge is 2.28. The van der Waals surface area contributed by atoms with E-state index in [1.807, 2.05) is 6.92 Å². The molecule has 3 heteroatoms. The van der Waals surface area contributed by atoms with Crippen molar-refractivity contribution in [2.24, 2.45) is 29.4 Å². The molecule has 0 amide bonds. The van der Waals surface area contributed by atoms with Gasteiger partial charge in [0.05, 0.1) is 13.0 Å². The molecule has 0 rings (SSSR count). The van der Waals surface area contributed by atoms with Crippen molar-refractivity contribution in [3.05, 3.63) is 0 Å². The van der Waals surface area contributed by atoms with Crippen molar-refractivity contribution in [2.45, 2.75) is 59.9 Å². The van der Waals surface area contributed by atoms with E-state index in [0.717, 1.165) is 19.3 Å². The third-order valence-corrected chi connectivity index (χ3v) is 3.97. The van der Waals surface area contributed by atoms with Gasteiger partial charge in [-0.2, -0.15) is 0 Å². The number of esters is 1. The van der Waals surface area contributed by atoms with Gasteiger partial charge in [0, 0.05) is 6.04 Å². The van der Waals surface area contributed by atoms with Crippen LogP contribution in [0.1, 0.15) is 53.9 Å². The van der Waals surface area contributed by atoms with Crippen LogP contribution in [0.5, 0.6) is 0 Å². The third kappa shape index (κ3) is 5.85. The molecule has 0 aliphatic rings. The summed E-state index contributed by atoms with van der Waals surface area (Å²) in [6.45, 7) is 10.7. The molecule has 18 heavy (non-hydrogen) atoms. The third-order valence-electron chi connectivity index (χ3n) is 3.97. The fourth-order valence-corrected chi connectivity index (χ4v) is 3.15. The lowest BCUT2D eigenvalue weighted by atomic mass is 9.77. The molecule has 0 fully saturated rings. The predicted octanol–water partition coefficient (Wildman–Crippen LogP) is 3.22. The van der Waals surface area contributed by atoms with Gasteiger partial charge in [-0.25, -0.2) is 0 Å². The van der Waals surface area contributed by atoms with E-state index in [2.05, 4.69) is 27.7 Å². The van der Waals surface area contributed by atoms with Crippen LogP contribution >= 0.6 is 0 Å². The van der Waals surface area contributed by atoms with Gasteiger partial charge >= 0.3 is 5.97 Å². The van der Waals surface area contributed by atoms with Crippen LogP contribution in [0, 0.1) is 23.7 Å². The SMILES string of the molecule is CCC(C(C)CC(C)C[C@@H](C)N)C(C)C(=O)OC. The zero-order chi connectivity index (χ0) is 14.3. The first kappa shape index (κ1) is 17.4. The molecule has 4 unspecified atom stereocenters. The minimum atomic E-state index is -0.0893. The zero-order valence-electron chi connectivity index (χ0n) is 12.9. The first-order valence-electron chi connectivity index (χ1n) is 7.16. The number of carbonyl (C=O) groups excluding carboxylic acids is 1. The summed E-state index contributed by atoms with van der Waals surface area (Å²) in [4.78, 5) is 11.6. The van der Waals surface area contributed by atoms with E-state index in [1.54, 1.807) is 0 Å². The summed E-state index contributed by atoms with van der Waals surface area (Å²) < 4.78 is 4.86. The molecule has 0 heterocycles. The Kier molecular flexibility index (Phi) is 8.25. The molecule has 3 nitrogen and oxygen atoms in total. The summed E-state index contributed by atoms with van der Waals surface area (Å²) in [5.41, 5.74) is 5.83. The fourth-order valence-electron chi connectivity index (χ4n) is 3.15. The van der Waals surface area contributed by atoms with Gasteiger partial charge in [0.25, 0.3) is 0 Å². The number of nitrogens with two attached hydrogens (primary N) is 1. The van der Waals surface area contributed by atoms with Gasteiger partial charge in [0.1, 0.15) is 0 Å². The van der Waals surface area contributed by atoms with Crippen molar-refractivity contribution in [3.63, 3.8) is 0 Å². The summed E-state index contributed by atoms with van der Waals surface area (Å²) in [6.07, 6.45) is 3.19. The van der Waals surface area contributed by atoms with Gasteiger partial charge in [0.15, 0.2) is 0 Å². The number of rotatable bonds is 8. The van der Waals surface area contributed by atoms with Crippen LogP contribution in [0.25, 0.3) is 0 Å². The molecule has 2 N–H and O–H groups in total. The maximum atomic E-state index is 11.6. The summed E-state index contributed by atoms with van der Waals surface area (Å²) in [6, 6.07) is 0.255. The highest BCUT2D eigenvalue weighted by Crippen LogP contribution is 2.31. The second-order valence-corrected chi connectivity index (χ2v) is 5.92. The van der Waals surface area contributed by atoms with Crippen molar-refractivity contribution in [1.29, 1.82) is 0 Å². The largest absolute Gasteiger partial charge is 0.469 e. The molecule has 0 spiro atoms. The maximum absolute atomic E-state index is 11.6. The van der Waals surface area contributed by atoms with Crippen LogP contribution in [-0.4, -0.2) is 19.1 Å². The molecule has 0 aromatic heterocycles. The van der Waals surface area contributed by atoms with Crippen molar-refractivity contribution >= 4 is 5.97 Å². The summed E-state index contributed by atoms with van der Waals surface area (Å²) >= 11 is 0. The van der Waals surface area contributed by atoms with E-state index >= 15 is 0 Å². The van der Waals surface area contributed by atoms with Crippen LogP contribution in [0.2, 0.25) is 0 Å². The lowest BCUT2D eigenvalue weighted by molar-refractivity contribution is -0.147. The first-order chi connectivity index (χ1) is 8.33. The highest BCUT2D eigenvalue weighted by molar-refractivity contribution is 5.72. The van der Waals surface area contributed by atoms with E-state index < -0.39 is 0 Å². The molecular formula is C15H31NO2. The Morgan fingerprint density at radius 2 is 1.72 bits per heavy atom. The molecule has 0 aliphatic heterocycles. The fraction of sp³-hybridized carbons (Fsp3) is 0.933. The Hall–Kier alpha value is -0.570. The van der Waals surface area contributed by atoms with Gasteiger partial charge < -0.3 is 10.5 Å². The van der Waals surface area contributed by atoms with Crippen molar-refractivity contribution in [1.82, 2.24) is 0 Å². The Morgan fingerprint density at radius 1 is 1.17 bits per heavy atom. The van der Waals surface area contributed by atoms with E-state index in [1.165, 1.54) is 7.11 Å². The monoisotopic (exact) mass is 257 g/mol. The number of carbonyl (C=O) groups is 1. The second kappa shape index (κ2) is 8.52. The molecule has 0 aliphatic carbocycles. The van der Waals surface area contributed by atoms with Gasteiger partial charge in [-0.15, -0.1) is 0 Å². The molecule has 0 saturated heterocycles. The Balaban J connectivity index is 4.42.